The van der Waals surface area contributed by atoms with Crippen LogP contribution in [0, 0.1) is 6.92 Å². The summed E-state index contributed by atoms with van der Waals surface area (Å²) in [6.07, 6.45) is 1.84. The van der Waals surface area contributed by atoms with Gasteiger partial charge in [-0.15, -0.1) is 0 Å². The van der Waals surface area contributed by atoms with Gasteiger partial charge in [0.25, 0.3) is 11.5 Å². The fourth-order valence-corrected chi connectivity index (χ4v) is 2.85. The lowest BCUT2D eigenvalue weighted by molar-refractivity contribution is -0.124. The van der Waals surface area contributed by atoms with Gasteiger partial charge in [0.15, 0.2) is 6.61 Å². The van der Waals surface area contributed by atoms with Crippen LogP contribution in [0.5, 0.6) is 0 Å². The van der Waals surface area contributed by atoms with Crippen molar-refractivity contribution in [1.82, 2.24) is 14.9 Å². The van der Waals surface area contributed by atoms with Crippen LogP contribution in [0.3, 0.4) is 0 Å². The number of fused-ring (bicyclic) bond motifs is 1. The number of hydrogen-bond acceptors (Lipinski definition) is 5. The average Bonchev–Trinajstić information content (AvgIpc) is 2.60. The lowest BCUT2D eigenvalue weighted by Crippen LogP contribution is -2.35. The number of carbonyl (C=O) groups is 2. The molecule has 7 nitrogen and oxygen atoms in total. The van der Waals surface area contributed by atoms with Crippen LogP contribution in [0.15, 0.2) is 23.0 Å². The Morgan fingerprint density at radius 1 is 1.31 bits per heavy atom. The van der Waals surface area contributed by atoms with E-state index in [1.54, 1.807) is 29.7 Å². The molecule has 2 rings (SSSR count). The summed E-state index contributed by atoms with van der Waals surface area (Å²) >= 11 is 0. The first kappa shape index (κ1) is 19.6. The van der Waals surface area contributed by atoms with Crippen molar-refractivity contribution in [3.63, 3.8) is 0 Å². The fourth-order valence-electron chi connectivity index (χ4n) is 2.85. The van der Waals surface area contributed by atoms with Crippen molar-refractivity contribution in [2.75, 3.05) is 6.61 Å². The van der Waals surface area contributed by atoms with Gasteiger partial charge in [0.1, 0.15) is 5.69 Å². The number of rotatable bonds is 7. The summed E-state index contributed by atoms with van der Waals surface area (Å²) in [5.74, 6) is -0.923. The molecule has 26 heavy (non-hydrogen) atoms. The number of amides is 1. The minimum Gasteiger partial charge on any atom is -0.452 e. The van der Waals surface area contributed by atoms with Crippen molar-refractivity contribution in [3.05, 3.63) is 39.8 Å². The van der Waals surface area contributed by atoms with Crippen LogP contribution in [-0.2, 0) is 16.1 Å². The molecule has 1 amide bonds. The molecular formula is C19H25N3O4. The predicted molar refractivity (Wildman–Crippen MR) is 99.2 cm³/mol. The molecule has 1 N–H and O–H groups in total. The van der Waals surface area contributed by atoms with E-state index < -0.39 is 5.97 Å². The number of aromatic nitrogens is 2. The highest BCUT2D eigenvalue weighted by atomic mass is 16.5. The second-order valence-corrected chi connectivity index (χ2v) is 6.28. The lowest BCUT2D eigenvalue weighted by Gasteiger charge is -2.13. The predicted octanol–water partition coefficient (Wildman–Crippen LogP) is 2.19. The molecule has 0 saturated heterocycles. The summed E-state index contributed by atoms with van der Waals surface area (Å²) in [4.78, 5) is 40.4. The van der Waals surface area contributed by atoms with Crippen LogP contribution >= 0.6 is 0 Å². The summed E-state index contributed by atoms with van der Waals surface area (Å²) in [5.41, 5.74) is 1.72. The molecule has 140 valence electrons. The van der Waals surface area contributed by atoms with Gasteiger partial charge in [0.2, 0.25) is 0 Å². The molecule has 1 aromatic heterocycles. The second kappa shape index (κ2) is 8.60. The highest BCUT2D eigenvalue weighted by molar-refractivity contribution is 5.94. The average molecular weight is 359 g/mol. The molecule has 1 atom stereocenters. The Morgan fingerprint density at radius 2 is 2.04 bits per heavy atom. The van der Waals surface area contributed by atoms with Gasteiger partial charge in [-0.2, -0.15) is 0 Å². The molecule has 0 saturated carbocycles. The maximum Gasteiger partial charge on any atom is 0.338 e. The van der Waals surface area contributed by atoms with E-state index >= 15 is 0 Å². The number of hydrogen-bond donors (Lipinski definition) is 1. The summed E-state index contributed by atoms with van der Waals surface area (Å²) < 4.78 is 6.69. The van der Waals surface area contributed by atoms with Gasteiger partial charge in [-0.3, -0.25) is 9.59 Å². The second-order valence-electron chi connectivity index (χ2n) is 6.28. The van der Waals surface area contributed by atoms with E-state index in [0.717, 1.165) is 12.8 Å². The minimum absolute atomic E-state index is 0.0461. The van der Waals surface area contributed by atoms with Gasteiger partial charge < -0.3 is 14.6 Å². The van der Waals surface area contributed by atoms with Crippen molar-refractivity contribution in [1.29, 1.82) is 0 Å². The third kappa shape index (κ3) is 4.47. The summed E-state index contributed by atoms with van der Waals surface area (Å²) in [6.45, 7) is 7.65. The number of aryl methyl sites for hydroxylation is 2. The first-order valence-corrected chi connectivity index (χ1v) is 8.85. The Hall–Kier alpha value is -2.70. The lowest BCUT2D eigenvalue weighted by atomic mass is 10.2. The smallest absolute Gasteiger partial charge is 0.338 e. The Morgan fingerprint density at radius 3 is 2.69 bits per heavy atom. The summed E-state index contributed by atoms with van der Waals surface area (Å²) in [6, 6.07) is 4.87. The molecule has 0 fully saturated rings. The van der Waals surface area contributed by atoms with E-state index in [0.29, 0.717) is 28.8 Å². The Labute approximate surface area is 152 Å². The van der Waals surface area contributed by atoms with Gasteiger partial charge in [-0.05, 0) is 45.4 Å². The van der Waals surface area contributed by atoms with Crippen LogP contribution in [0.1, 0.15) is 49.7 Å². The van der Waals surface area contributed by atoms with Crippen LogP contribution in [0.4, 0.5) is 0 Å². The van der Waals surface area contributed by atoms with Crippen LogP contribution in [0.2, 0.25) is 0 Å². The molecule has 0 unspecified atom stereocenters. The maximum absolute atomic E-state index is 12.2. The van der Waals surface area contributed by atoms with E-state index in [1.807, 2.05) is 20.8 Å². The van der Waals surface area contributed by atoms with Crippen LogP contribution in [0.25, 0.3) is 11.0 Å². The topological polar surface area (TPSA) is 90.3 Å². The molecule has 1 aromatic carbocycles. The highest BCUT2D eigenvalue weighted by Crippen LogP contribution is 2.14. The summed E-state index contributed by atoms with van der Waals surface area (Å²) in [5, 5.41) is 2.78. The third-order valence-electron chi connectivity index (χ3n) is 4.12. The van der Waals surface area contributed by atoms with Crippen molar-refractivity contribution in [3.8, 4) is 0 Å². The van der Waals surface area contributed by atoms with Crippen molar-refractivity contribution >= 4 is 22.9 Å². The Balaban J connectivity index is 2.12. The van der Waals surface area contributed by atoms with Crippen LogP contribution in [-0.4, -0.2) is 34.1 Å². The van der Waals surface area contributed by atoms with Crippen LogP contribution < -0.4 is 10.9 Å². The van der Waals surface area contributed by atoms with E-state index in [-0.39, 0.29) is 24.1 Å². The largest absolute Gasteiger partial charge is 0.452 e. The molecule has 0 spiro atoms. The van der Waals surface area contributed by atoms with E-state index in [9.17, 15) is 14.4 Å². The number of carbonyl (C=O) groups excluding carboxylic acids is 2. The molecule has 7 heteroatoms. The number of nitrogens with one attached hydrogen (secondary N) is 1. The van der Waals surface area contributed by atoms with Gasteiger partial charge in [0.05, 0.1) is 16.6 Å². The summed E-state index contributed by atoms with van der Waals surface area (Å²) in [7, 11) is 0. The zero-order valence-corrected chi connectivity index (χ0v) is 15.7. The molecule has 0 bridgehead atoms. The maximum atomic E-state index is 12.2. The first-order chi connectivity index (χ1) is 12.4. The minimum atomic E-state index is -0.598. The third-order valence-corrected chi connectivity index (χ3v) is 4.12. The molecule has 0 aliphatic carbocycles. The SMILES string of the molecule is CCC[C@H](C)NC(=O)COC(=O)c1ccc2c(c1)nc(C)c(=O)n2CC. The standard InChI is InChI=1S/C19H25N3O4/c1-5-7-12(3)20-17(23)11-26-19(25)14-8-9-16-15(10-14)21-13(4)18(24)22(16)6-2/h8-10,12H,5-7,11H2,1-4H3,(H,20,23)/t12-/m0/s1. The Bertz CT molecular complexity index is 873. The quantitative estimate of drug-likeness (QED) is 0.765. The molecule has 2 aromatic rings. The van der Waals surface area contributed by atoms with E-state index in [2.05, 4.69) is 10.3 Å². The first-order valence-electron chi connectivity index (χ1n) is 8.85. The number of esters is 1. The van der Waals surface area contributed by atoms with Crippen molar-refractivity contribution < 1.29 is 14.3 Å². The molecule has 0 radical (unpaired) electrons. The van der Waals surface area contributed by atoms with Gasteiger partial charge in [-0.25, -0.2) is 9.78 Å². The normalized spacial score (nSPS) is 12.0. The number of ether oxygens (including phenoxy) is 1. The van der Waals surface area contributed by atoms with E-state index in [4.69, 9.17) is 4.74 Å². The van der Waals surface area contributed by atoms with Gasteiger partial charge in [-0.1, -0.05) is 13.3 Å². The van der Waals surface area contributed by atoms with Crippen molar-refractivity contribution in [2.24, 2.45) is 0 Å². The molecular weight excluding hydrogens is 334 g/mol. The number of benzene rings is 1. The van der Waals surface area contributed by atoms with Gasteiger partial charge >= 0.3 is 5.97 Å². The van der Waals surface area contributed by atoms with Crippen molar-refractivity contribution in [2.45, 2.75) is 53.1 Å². The molecule has 1 heterocycles. The monoisotopic (exact) mass is 359 g/mol. The molecule has 0 aliphatic heterocycles. The van der Waals surface area contributed by atoms with Gasteiger partial charge in [0, 0.05) is 12.6 Å². The zero-order valence-electron chi connectivity index (χ0n) is 15.7. The zero-order chi connectivity index (χ0) is 19.3. The highest BCUT2D eigenvalue weighted by Gasteiger charge is 2.14. The Kier molecular flexibility index (Phi) is 6.49. The number of nitrogens with zero attached hydrogens (tertiary/aromatic N) is 2. The molecule has 0 aliphatic rings. The van der Waals surface area contributed by atoms with E-state index in [1.165, 1.54) is 0 Å². The fraction of sp³-hybridized carbons (Fsp3) is 0.474.